The fourth-order valence-corrected chi connectivity index (χ4v) is 2.75. The molecule has 3 aromatic rings. The van der Waals surface area contributed by atoms with E-state index in [1.807, 2.05) is 58.0 Å². The molecular weight excluding hydrogens is 326 g/mol. The maximum atomic E-state index is 12.5. The van der Waals surface area contributed by atoms with Crippen molar-refractivity contribution in [2.24, 2.45) is 0 Å². The first kappa shape index (κ1) is 17.8. The number of furan rings is 1. The van der Waals surface area contributed by atoms with Crippen LogP contribution in [0.15, 0.2) is 53.1 Å². The van der Waals surface area contributed by atoms with Crippen LogP contribution in [0.3, 0.4) is 0 Å². The molecule has 0 aliphatic rings. The number of aryl methyl sites for hydroxylation is 3. The van der Waals surface area contributed by atoms with Crippen molar-refractivity contribution in [1.82, 2.24) is 0 Å². The summed E-state index contributed by atoms with van der Waals surface area (Å²) < 4.78 is 11.2. The van der Waals surface area contributed by atoms with E-state index in [9.17, 15) is 4.79 Å². The molecule has 1 aromatic heterocycles. The fraction of sp³-hybridized carbons (Fsp3) is 0.227. The van der Waals surface area contributed by atoms with Gasteiger partial charge in [0.15, 0.2) is 0 Å². The zero-order chi connectivity index (χ0) is 18.7. The molecule has 0 bridgehead atoms. The van der Waals surface area contributed by atoms with Crippen LogP contribution in [0, 0.1) is 27.7 Å². The molecule has 4 heteroatoms. The van der Waals surface area contributed by atoms with E-state index in [1.54, 1.807) is 18.4 Å². The molecular formula is C22H23NO3. The fourth-order valence-electron chi connectivity index (χ4n) is 2.75. The summed E-state index contributed by atoms with van der Waals surface area (Å²) in [7, 11) is 0. The third kappa shape index (κ3) is 3.80. The normalized spacial score (nSPS) is 10.6. The third-order valence-electron chi connectivity index (χ3n) is 4.67. The number of anilines is 1. The van der Waals surface area contributed by atoms with Crippen LogP contribution in [0.1, 0.15) is 38.4 Å². The predicted molar refractivity (Wildman–Crippen MR) is 103 cm³/mol. The number of nitrogens with one attached hydrogen (secondary N) is 1. The van der Waals surface area contributed by atoms with Gasteiger partial charge in [-0.1, -0.05) is 12.1 Å². The van der Waals surface area contributed by atoms with E-state index in [0.29, 0.717) is 17.9 Å². The van der Waals surface area contributed by atoms with Crippen molar-refractivity contribution in [3.05, 3.63) is 82.3 Å². The largest absolute Gasteiger partial charge is 0.489 e. The predicted octanol–water partition coefficient (Wildman–Crippen LogP) is 5.34. The number of benzene rings is 2. The molecule has 0 aliphatic heterocycles. The number of ether oxygens (including phenoxy) is 1. The van der Waals surface area contributed by atoms with Gasteiger partial charge < -0.3 is 14.5 Å². The van der Waals surface area contributed by atoms with Gasteiger partial charge in [0, 0.05) is 16.8 Å². The molecule has 1 heterocycles. The summed E-state index contributed by atoms with van der Waals surface area (Å²) in [4.78, 5) is 12.5. The highest BCUT2D eigenvalue weighted by atomic mass is 16.5. The van der Waals surface area contributed by atoms with E-state index < -0.39 is 0 Å². The summed E-state index contributed by atoms with van der Waals surface area (Å²) >= 11 is 0. The number of amides is 1. The Bertz CT molecular complexity index is 904. The lowest BCUT2D eigenvalue weighted by molar-refractivity contribution is 0.102. The molecule has 4 nitrogen and oxygen atoms in total. The van der Waals surface area contributed by atoms with Crippen molar-refractivity contribution in [3.63, 3.8) is 0 Å². The summed E-state index contributed by atoms with van der Waals surface area (Å²) in [6.07, 6.45) is 1.73. The van der Waals surface area contributed by atoms with Gasteiger partial charge in [0.05, 0.1) is 6.26 Å². The Morgan fingerprint density at radius 3 is 2.38 bits per heavy atom. The first-order valence-electron chi connectivity index (χ1n) is 8.59. The van der Waals surface area contributed by atoms with Crippen LogP contribution in [-0.4, -0.2) is 5.91 Å². The Morgan fingerprint density at radius 2 is 1.73 bits per heavy atom. The highest BCUT2D eigenvalue weighted by Crippen LogP contribution is 2.21. The Hall–Kier alpha value is -3.01. The molecule has 3 rings (SSSR count). The topological polar surface area (TPSA) is 51.5 Å². The van der Waals surface area contributed by atoms with Crippen molar-refractivity contribution in [2.45, 2.75) is 34.3 Å². The van der Waals surface area contributed by atoms with E-state index in [0.717, 1.165) is 33.7 Å². The van der Waals surface area contributed by atoms with Crippen molar-refractivity contribution < 1.29 is 13.9 Å². The molecule has 0 aliphatic carbocycles. The van der Waals surface area contributed by atoms with Gasteiger partial charge in [-0.25, -0.2) is 0 Å². The minimum Gasteiger partial charge on any atom is -0.489 e. The standard InChI is InChI=1S/C22H23NO3/c1-14-6-5-7-21(16(14)3)23-22(24)18-8-10-19(11-9-18)26-13-20-15(2)12-25-17(20)4/h5-12H,13H2,1-4H3,(H,23,24). The minimum atomic E-state index is -0.133. The second-order valence-corrected chi connectivity index (χ2v) is 6.47. The summed E-state index contributed by atoms with van der Waals surface area (Å²) in [5.74, 6) is 1.45. The quantitative estimate of drug-likeness (QED) is 0.676. The molecule has 0 fully saturated rings. The summed E-state index contributed by atoms with van der Waals surface area (Å²) in [5.41, 5.74) is 5.78. The zero-order valence-electron chi connectivity index (χ0n) is 15.6. The van der Waals surface area contributed by atoms with Crippen LogP contribution >= 0.6 is 0 Å². The first-order chi connectivity index (χ1) is 12.5. The van der Waals surface area contributed by atoms with Gasteiger partial charge in [-0.05, 0) is 74.7 Å². The molecule has 0 saturated carbocycles. The molecule has 0 atom stereocenters. The number of hydrogen-bond donors (Lipinski definition) is 1. The molecule has 0 saturated heterocycles. The molecule has 2 aromatic carbocycles. The van der Waals surface area contributed by atoms with Gasteiger partial charge in [-0.15, -0.1) is 0 Å². The average Bonchev–Trinajstić information content (AvgIpc) is 2.95. The van der Waals surface area contributed by atoms with Crippen LogP contribution in [0.25, 0.3) is 0 Å². The van der Waals surface area contributed by atoms with Gasteiger partial charge in [0.2, 0.25) is 0 Å². The average molecular weight is 349 g/mol. The van der Waals surface area contributed by atoms with Gasteiger partial charge in [-0.2, -0.15) is 0 Å². The molecule has 0 radical (unpaired) electrons. The lowest BCUT2D eigenvalue weighted by Crippen LogP contribution is -2.13. The van der Waals surface area contributed by atoms with Crippen LogP contribution in [0.2, 0.25) is 0 Å². The molecule has 0 unspecified atom stereocenters. The second-order valence-electron chi connectivity index (χ2n) is 6.47. The molecule has 1 N–H and O–H groups in total. The van der Waals surface area contributed by atoms with Gasteiger partial charge in [0.1, 0.15) is 18.1 Å². The van der Waals surface area contributed by atoms with E-state index in [2.05, 4.69) is 5.32 Å². The zero-order valence-corrected chi connectivity index (χ0v) is 15.6. The lowest BCUT2D eigenvalue weighted by Gasteiger charge is -2.11. The van der Waals surface area contributed by atoms with E-state index >= 15 is 0 Å². The Morgan fingerprint density at radius 1 is 1.00 bits per heavy atom. The van der Waals surface area contributed by atoms with E-state index in [4.69, 9.17) is 9.15 Å². The van der Waals surface area contributed by atoms with Crippen LogP contribution in [0.5, 0.6) is 5.75 Å². The van der Waals surface area contributed by atoms with Gasteiger partial charge in [0.25, 0.3) is 5.91 Å². The number of carbonyl (C=O) groups is 1. The first-order valence-corrected chi connectivity index (χ1v) is 8.59. The number of rotatable bonds is 5. The number of carbonyl (C=O) groups excluding carboxylic acids is 1. The maximum Gasteiger partial charge on any atom is 0.255 e. The Kier molecular flexibility index (Phi) is 5.12. The Labute approximate surface area is 153 Å². The van der Waals surface area contributed by atoms with Crippen molar-refractivity contribution >= 4 is 11.6 Å². The highest BCUT2D eigenvalue weighted by Gasteiger charge is 2.10. The lowest BCUT2D eigenvalue weighted by atomic mass is 10.1. The minimum absolute atomic E-state index is 0.133. The second kappa shape index (κ2) is 7.48. The van der Waals surface area contributed by atoms with Crippen molar-refractivity contribution in [3.8, 4) is 5.75 Å². The van der Waals surface area contributed by atoms with Gasteiger partial charge in [-0.3, -0.25) is 4.79 Å². The molecule has 26 heavy (non-hydrogen) atoms. The third-order valence-corrected chi connectivity index (χ3v) is 4.67. The monoisotopic (exact) mass is 349 g/mol. The Balaban J connectivity index is 1.65. The summed E-state index contributed by atoms with van der Waals surface area (Å²) in [6, 6.07) is 13.0. The summed E-state index contributed by atoms with van der Waals surface area (Å²) in [5, 5.41) is 2.96. The summed E-state index contributed by atoms with van der Waals surface area (Å²) in [6.45, 7) is 8.40. The molecule has 0 spiro atoms. The SMILES string of the molecule is Cc1cccc(NC(=O)c2ccc(OCc3c(C)coc3C)cc2)c1C. The smallest absolute Gasteiger partial charge is 0.255 e. The molecule has 134 valence electrons. The van der Waals surface area contributed by atoms with Crippen LogP contribution < -0.4 is 10.1 Å². The highest BCUT2D eigenvalue weighted by molar-refractivity contribution is 6.04. The van der Waals surface area contributed by atoms with E-state index in [-0.39, 0.29) is 5.91 Å². The molecule has 1 amide bonds. The van der Waals surface area contributed by atoms with Crippen molar-refractivity contribution in [2.75, 3.05) is 5.32 Å². The van der Waals surface area contributed by atoms with Crippen LogP contribution in [-0.2, 0) is 6.61 Å². The van der Waals surface area contributed by atoms with E-state index in [1.165, 1.54) is 0 Å². The van der Waals surface area contributed by atoms with Crippen molar-refractivity contribution in [1.29, 1.82) is 0 Å². The maximum absolute atomic E-state index is 12.5. The number of hydrogen-bond acceptors (Lipinski definition) is 3. The van der Waals surface area contributed by atoms with Crippen LogP contribution in [0.4, 0.5) is 5.69 Å². The van der Waals surface area contributed by atoms with Gasteiger partial charge >= 0.3 is 0 Å².